The maximum absolute atomic E-state index is 11.8. The molecule has 7 heteroatoms. The molecule has 0 spiro atoms. The van der Waals surface area contributed by atoms with Gasteiger partial charge in [-0.3, -0.25) is 15.0 Å². The Morgan fingerprint density at radius 2 is 2.22 bits per heavy atom. The van der Waals surface area contributed by atoms with Crippen molar-refractivity contribution in [2.45, 2.75) is 6.42 Å². The topological polar surface area (TPSA) is 66.7 Å². The van der Waals surface area contributed by atoms with E-state index in [1.165, 1.54) is 4.90 Å². The van der Waals surface area contributed by atoms with Crippen LogP contribution in [0.15, 0.2) is 29.1 Å². The lowest BCUT2D eigenvalue weighted by Crippen LogP contribution is -2.49. The molecule has 0 unspecified atom stereocenters. The predicted octanol–water partition coefficient (Wildman–Crippen LogP) is 1.54. The van der Waals surface area contributed by atoms with Gasteiger partial charge in [0.05, 0.1) is 5.69 Å². The van der Waals surface area contributed by atoms with Crippen LogP contribution in [0.3, 0.4) is 0 Å². The Hall–Kier alpha value is -1.89. The van der Waals surface area contributed by atoms with Crippen LogP contribution in [0.4, 0.5) is 10.5 Å². The first-order valence-corrected chi connectivity index (χ1v) is 6.18. The van der Waals surface area contributed by atoms with Crippen molar-refractivity contribution in [1.29, 1.82) is 0 Å². The number of nitrogens with zero attached hydrogens (tertiary/aromatic N) is 3. The van der Waals surface area contributed by atoms with E-state index in [0.717, 1.165) is 4.47 Å². The van der Waals surface area contributed by atoms with E-state index in [1.807, 2.05) is 16.7 Å². The van der Waals surface area contributed by atoms with Gasteiger partial charge in [0.1, 0.15) is 0 Å². The maximum atomic E-state index is 11.8. The van der Waals surface area contributed by atoms with Gasteiger partial charge in [-0.15, -0.1) is 0 Å². The molecule has 3 amide bonds. The first-order chi connectivity index (χ1) is 8.65. The third-order valence-electron chi connectivity index (χ3n) is 2.78. The molecule has 0 aromatic carbocycles. The predicted molar refractivity (Wildman–Crippen MR) is 68.4 cm³/mol. The van der Waals surface area contributed by atoms with Gasteiger partial charge in [-0.2, -0.15) is 0 Å². The van der Waals surface area contributed by atoms with E-state index < -0.39 is 6.03 Å². The Morgan fingerprint density at radius 1 is 1.39 bits per heavy atom. The fourth-order valence-corrected chi connectivity index (χ4v) is 2.41. The lowest BCUT2D eigenvalue weighted by Gasteiger charge is -2.26. The maximum Gasteiger partial charge on any atom is 0.328 e. The summed E-state index contributed by atoms with van der Waals surface area (Å²) < 4.78 is 2.66. The van der Waals surface area contributed by atoms with Crippen molar-refractivity contribution >= 4 is 39.2 Å². The zero-order valence-corrected chi connectivity index (χ0v) is 10.8. The minimum Gasteiger partial charge on any atom is -0.304 e. The van der Waals surface area contributed by atoms with Gasteiger partial charge in [-0.25, -0.2) is 9.78 Å². The van der Waals surface area contributed by atoms with Crippen molar-refractivity contribution in [1.82, 2.24) is 14.7 Å². The van der Waals surface area contributed by atoms with E-state index >= 15 is 0 Å². The van der Waals surface area contributed by atoms with Crippen LogP contribution in [0.1, 0.15) is 6.42 Å². The number of carbonyl (C=O) groups excluding carboxylic acids is 2. The summed E-state index contributed by atoms with van der Waals surface area (Å²) in [5.74, 6) is -0.245. The molecular formula is C11H9BrN4O2. The summed E-state index contributed by atoms with van der Waals surface area (Å²) in [5, 5.41) is 2.30. The van der Waals surface area contributed by atoms with Crippen molar-refractivity contribution in [2.24, 2.45) is 0 Å². The number of carbonyl (C=O) groups is 2. The minimum absolute atomic E-state index is 0.245. The van der Waals surface area contributed by atoms with E-state index in [4.69, 9.17) is 0 Å². The fourth-order valence-electron chi connectivity index (χ4n) is 1.97. The average Bonchev–Trinajstić information content (AvgIpc) is 2.76. The molecule has 0 radical (unpaired) electrons. The lowest BCUT2D eigenvalue weighted by molar-refractivity contribution is -0.120. The number of pyridine rings is 1. The zero-order chi connectivity index (χ0) is 12.7. The second-order valence-corrected chi connectivity index (χ2v) is 4.87. The van der Waals surface area contributed by atoms with Crippen molar-refractivity contribution < 1.29 is 9.59 Å². The molecule has 3 rings (SSSR count). The van der Waals surface area contributed by atoms with E-state index in [9.17, 15) is 9.59 Å². The summed E-state index contributed by atoms with van der Waals surface area (Å²) in [6.07, 6.45) is 5.62. The number of anilines is 1. The van der Waals surface area contributed by atoms with E-state index in [0.29, 0.717) is 24.3 Å². The molecule has 1 aliphatic heterocycles. The van der Waals surface area contributed by atoms with Gasteiger partial charge in [0, 0.05) is 36.0 Å². The highest BCUT2D eigenvalue weighted by atomic mass is 79.9. The van der Waals surface area contributed by atoms with Gasteiger partial charge in [-0.1, -0.05) is 0 Å². The number of rotatable bonds is 1. The highest BCUT2D eigenvalue weighted by Gasteiger charge is 2.26. The summed E-state index contributed by atoms with van der Waals surface area (Å²) in [6, 6.07) is 1.41. The van der Waals surface area contributed by atoms with Gasteiger partial charge in [-0.05, 0) is 22.0 Å². The average molecular weight is 309 g/mol. The third kappa shape index (κ3) is 1.76. The van der Waals surface area contributed by atoms with Crippen LogP contribution in [0.5, 0.6) is 0 Å². The van der Waals surface area contributed by atoms with Crippen LogP contribution in [0.25, 0.3) is 5.65 Å². The second-order valence-electron chi connectivity index (χ2n) is 3.96. The molecule has 0 saturated carbocycles. The van der Waals surface area contributed by atoms with Gasteiger partial charge in [0.2, 0.25) is 5.91 Å². The Bertz CT molecular complexity index is 652. The molecule has 3 heterocycles. The third-order valence-corrected chi connectivity index (χ3v) is 3.21. The normalized spacial score (nSPS) is 16.2. The van der Waals surface area contributed by atoms with Gasteiger partial charge in [0.25, 0.3) is 0 Å². The number of amides is 3. The van der Waals surface area contributed by atoms with Gasteiger partial charge in [0.15, 0.2) is 5.65 Å². The number of imidazole rings is 1. The summed E-state index contributed by atoms with van der Waals surface area (Å²) >= 11 is 3.39. The summed E-state index contributed by atoms with van der Waals surface area (Å²) in [7, 11) is 0. The van der Waals surface area contributed by atoms with E-state index in [-0.39, 0.29) is 5.91 Å². The number of nitrogens with one attached hydrogen (secondary N) is 1. The van der Waals surface area contributed by atoms with E-state index in [1.54, 1.807) is 12.4 Å². The van der Waals surface area contributed by atoms with Crippen LogP contribution in [-0.4, -0.2) is 27.9 Å². The molecule has 2 aromatic heterocycles. The highest BCUT2D eigenvalue weighted by Crippen LogP contribution is 2.26. The minimum atomic E-state index is -0.408. The highest BCUT2D eigenvalue weighted by molar-refractivity contribution is 9.10. The molecule has 0 bridgehead atoms. The van der Waals surface area contributed by atoms with Crippen LogP contribution >= 0.6 is 15.9 Å². The Kier molecular flexibility index (Phi) is 2.55. The molecule has 1 fully saturated rings. The summed E-state index contributed by atoms with van der Waals surface area (Å²) in [4.78, 5) is 28.7. The van der Waals surface area contributed by atoms with Crippen molar-refractivity contribution in [2.75, 3.05) is 11.4 Å². The van der Waals surface area contributed by atoms with Crippen LogP contribution in [0, 0.1) is 0 Å². The molecule has 6 nitrogen and oxygen atoms in total. The van der Waals surface area contributed by atoms with Crippen molar-refractivity contribution in [3.63, 3.8) is 0 Å². The number of urea groups is 1. The number of hydrogen-bond acceptors (Lipinski definition) is 3. The zero-order valence-electron chi connectivity index (χ0n) is 9.26. The van der Waals surface area contributed by atoms with Gasteiger partial charge >= 0.3 is 6.03 Å². The molecule has 2 aromatic rings. The van der Waals surface area contributed by atoms with Crippen molar-refractivity contribution in [3.05, 3.63) is 29.1 Å². The fraction of sp³-hybridized carbons (Fsp3) is 0.182. The standard InChI is InChI=1S/C11H9BrN4O2/c12-7-5-8(10-13-2-4-15(10)6-7)16-3-1-9(17)14-11(16)18/h2,4-6H,1,3H2,(H,14,17,18). The summed E-state index contributed by atoms with van der Waals surface area (Å²) in [5.41, 5.74) is 1.36. The molecule has 18 heavy (non-hydrogen) atoms. The largest absolute Gasteiger partial charge is 0.328 e. The van der Waals surface area contributed by atoms with Crippen LogP contribution in [-0.2, 0) is 4.79 Å². The molecule has 0 atom stereocenters. The molecule has 1 N–H and O–H groups in total. The molecule has 1 aliphatic rings. The first-order valence-electron chi connectivity index (χ1n) is 5.39. The number of hydrogen-bond donors (Lipinski definition) is 1. The Morgan fingerprint density at radius 3 is 3.00 bits per heavy atom. The summed E-state index contributed by atoms with van der Waals surface area (Å²) in [6.45, 7) is 0.365. The second kappa shape index (κ2) is 4.09. The number of fused-ring (bicyclic) bond motifs is 1. The molecule has 1 saturated heterocycles. The Labute approximate surface area is 111 Å². The number of halogens is 1. The monoisotopic (exact) mass is 308 g/mol. The quantitative estimate of drug-likeness (QED) is 0.869. The van der Waals surface area contributed by atoms with Crippen molar-refractivity contribution in [3.8, 4) is 0 Å². The molecule has 92 valence electrons. The number of imide groups is 1. The van der Waals surface area contributed by atoms with Crippen LogP contribution < -0.4 is 10.2 Å². The van der Waals surface area contributed by atoms with E-state index in [2.05, 4.69) is 26.2 Å². The number of aromatic nitrogens is 2. The molecular weight excluding hydrogens is 300 g/mol. The van der Waals surface area contributed by atoms with Gasteiger partial charge < -0.3 is 4.40 Å². The first kappa shape index (κ1) is 11.2. The Balaban J connectivity index is 2.11. The smallest absolute Gasteiger partial charge is 0.304 e. The SMILES string of the molecule is O=C1CCN(c2cc(Br)cn3ccnc23)C(=O)N1. The van der Waals surface area contributed by atoms with Crippen LogP contribution in [0.2, 0.25) is 0 Å². The molecule has 0 aliphatic carbocycles. The lowest BCUT2D eigenvalue weighted by atomic mass is 10.2.